The molecule has 0 unspecified atom stereocenters. The van der Waals surface area contributed by atoms with Crippen LogP contribution in [-0.2, 0) is 14.9 Å². The van der Waals surface area contributed by atoms with E-state index in [1.807, 2.05) is 0 Å². The van der Waals surface area contributed by atoms with Crippen molar-refractivity contribution < 1.29 is 27.4 Å². The van der Waals surface area contributed by atoms with Gasteiger partial charge in [0.05, 0.1) is 14.1 Å². The molecule has 0 aromatic heterocycles. The van der Waals surface area contributed by atoms with E-state index in [9.17, 15) is 13.2 Å². The number of carboxylic acid groups (broad SMARTS) is 1. The molecule has 2 N–H and O–H groups in total. The van der Waals surface area contributed by atoms with Crippen molar-refractivity contribution in [2.75, 3.05) is 26.5 Å². The molecule has 6 nitrogen and oxygen atoms in total. The van der Waals surface area contributed by atoms with Gasteiger partial charge in [-0.05, 0) is 0 Å². The van der Waals surface area contributed by atoms with Crippen molar-refractivity contribution in [3.8, 4) is 0 Å². The van der Waals surface area contributed by atoms with Gasteiger partial charge in [0.25, 0.3) is 0 Å². The number of nitrogens with zero attached hydrogens (tertiary/aromatic N) is 1. The van der Waals surface area contributed by atoms with Crippen LogP contribution in [0.15, 0.2) is 0 Å². The standard InChI is InChI=1S/C5H11NO5S/c1-6(2,3-5(7)8)4-12(9,10)11/h3-4H2,1-2H3,(H-,7,8,9,10,11)/p+1. The maximum absolute atomic E-state index is 10.4. The first-order chi connectivity index (χ1) is 5.12. The molecular formula is C5H12NO5S+. The lowest BCUT2D eigenvalue weighted by molar-refractivity contribution is -0.871. The first-order valence-electron chi connectivity index (χ1n) is 3.11. The molecule has 72 valence electrons. The molecule has 0 aliphatic rings. The molecule has 12 heavy (non-hydrogen) atoms. The summed E-state index contributed by atoms with van der Waals surface area (Å²) >= 11 is 0. The molecule has 0 aromatic carbocycles. The maximum Gasteiger partial charge on any atom is 0.359 e. The van der Waals surface area contributed by atoms with Crippen molar-refractivity contribution in [1.29, 1.82) is 0 Å². The van der Waals surface area contributed by atoms with E-state index in [2.05, 4.69) is 0 Å². The van der Waals surface area contributed by atoms with Gasteiger partial charge in [-0.2, -0.15) is 8.42 Å². The predicted octanol–water partition coefficient (Wildman–Crippen LogP) is -1.01. The Morgan fingerprint density at radius 3 is 2.08 bits per heavy atom. The summed E-state index contributed by atoms with van der Waals surface area (Å²) in [5, 5.41) is 8.35. The molecule has 0 amide bonds. The van der Waals surface area contributed by atoms with Gasteiger partial charge in [0.1, 0.15) is 0 Å². The van der Waals surface area contributed by atoms with Crippen LogP contribution in [0.4, 0.5) is 0 Å². The fourth-order valence-corrected chi connectivity index (χ4v) is 1.83. The maximum atomic E-state index is 10.4. The number of hydrogen-bond acceptors (Lipinski definition) is 3. The van der Waals surface area contributed by atoms with E-state index in [0.29, 0.717) is 0 Å². The second-order valence-electron chi connectivity index (χ2n) is 3.20. The minimum atomic E-state index is -4.12. The third-order valence-electron chi connectivity index (χ3n) is 1.08. The van der Waals surface area contributed by atoms with Crippen LogP contribution in [0.5, 0.6) is 0 Å². The van der Waals surface area contributed by atoms with Crippen LogP contribution >= 0.6 is 0 Å². The summed E-state index contributed by atoms with van der Waals surface area (Å²) in [6.07, 6.45) is 0. The summed E-state index contributed by atoms with van der Waals surface area (Å²) in [6, 6.07) is 0. The quantitative estimate of drug-likeness (QED) is 0.446. The summed E-state index contributed by atoms with van der Waals surface area (Å²) in [4.78, 5) is 10.2. The van der Waals surface area contributed by atoms with E-state index in [4.69, 9.17) is 9.66 Å². The van der Waals surface area contributed by atoms with Crippen molar-refractivity contribution in [3.05, 3.63) is 0 Å². The zero-order valence-corrected chi connectivity index (χ0v) is 7.71. The molecule has 0 spiro atoms. The third kappa shape index (κ3) is 6.08. The van der Waals surface area contributed by atoms with Gasteiger partial charge in [-0.3, -0.25) is 4.55 Å². The van der Waals surface area contributed by atoms with Crippen molar-refractivity contribution in [2.45, 2.75) is 0 Å². The number of likely N-dealkylation sites (N-methyl/N-ethyl adjacent to an activating group) is 1. The molecule has 0 radical (unpaired) electrons. The van der Waals surface area contributed by atoms with Crippen LogP contribution in [0.3, 0.4) is 0 Å². The Morgan fingerprint density at radius 2 is 1.83 bits per heavy atom. The van der Waals surface area contributed by atoms with Gasteiger partial charge >= 0.3 is 16.1 Å². The first-order valence-corrected chi connectivity index (χ1v) is 4.72. The summed E-state index contributed by atoms with van der Waals surface area (Å²) in [5.41, 5.74) is 0. The fraction of sp³-hybridized carbons (Fsp3) is 0.800. The SMILES string of the molecule is C[N+](C)(CC(=O)O)CS(=O)(=O)O. The van der Waals surface area contributed by atoms with E-state index in [0.717, 1.165) is 0 Å². The highest BCUT2D eigenvalue weighted by Crippen LogP contribution is 1.99. The minimum Gasteiger partial charge on any atom is -0.477 e. The van der Waals surface area contributed by atoms with Crippen molar-refractivity contribution in [2.24, 2.45) is 0 Å². The van der Waals surface area contributed by atoms with Gasteiger partial charge in [-0.1, -0.05) is 0 Å². The number of rotatable bonds is 4. The lowest BCUT2D eigenvalue weighted by Gasteiger charge is -2.25. The van der Waals surface area contributed by atoms with Crippen LogP contribution in [0.1, 0.15) is 0 Å². The largest absolute Gasteiger partial charge is 0.477 e. The van der Waals surface area contributed by atoms with Gasteiger partial charge in [-0.15, -0.1) is 0 Å². The van der Waals surface area contributed by atoms with E-state index >= 15 is 0 Å². The molecular weight excluding hydrogens is 186 g/mol. The Bertz CT molecular complexity index is 268. The molecule has 7 heteroatoms. The van der Waals surface area contributed by atoms with E-state index < -0.39 is 22.0 Å². The molecule has 0 heterocycles. The van der Waals surface area contributed by atoms with E-state index in [-0.39, 0.29) is 11.0 Å². The Hall–Kier alpha value is -0.660. The summed E-state index contributed by atoms with van der Waals surface area (Å²) in [6.45, 7) is -0.347. The monoisotopic (exact) mass is 198 g/mol. The number of quaternary nitrogens is 1. The molecule has 0 saturated carbocycles. The molecule has 0 aromatic rings. The van der Waals surface area contributed by atoms with Crippen LogP contribution in [0.2, 0.25) is 0 Å². The van der Waals surface area contributed by atoms with Gasteiger partial charge < -0.3 is 9.59 Å². The lowest BCUT2D eigenvalue weighted by atomic mass is 10.5. The predicted molar refractivity (Wildman–Crippen MR) is 41.0 cm³/mol. The number of aliphatic carboxylic acids is 1. The molecule has 0 bridgehead atoms. The van der Waals surface area contributed by atoms with Crippen molar-refractivity contribution >= 4 is 16.1 Å². The highest BCUT2D eigenvalue weighted by molar-refractivity contribution is 7.85. The molecule has 0 saturated heterocycles. The molecule has 0 fully saturated rings. The molecule has 0 aliphatic carbocycles. The summed E-state index contributed by atoms with van der Waals surface area (Å²) < 4.78 is 28.9. The minimum absolute atomic E-state index is 0.297. The first kappa shape index (κ1) is 11.3. The summed E-state index contributed by atoms with van der Waals surface area (Å²) in [5.74, 6) is -1.71. The van der Waals surface area contributed by atoms with Crippen LogP contribution in [0, 0.1) is 0 Å². The molecule has 0 aliphatic heterocycles. The number of carbonyl (C=O) groups is 1. The fourth-order valence-electron chi connectivity index (χ4n) is 0.853. The van der Waals surface area contributed by atoms with Gasteiger partial charge in [0.2, 0.25) is 5.88 Å². The third-order valence-corrected chi connectivity index (χ3v) is 2.10. The average Bonchev–Trinajstić information content (AvgIpc) is 1.48. The van der Waals surface area contributed by atoms with Gasteiger partial charge in [0, 0.05) is 0 Å². The van der Waals surface area contributed by atoms with Crippen molar-refractivity contribution in [1.82, 2.24) is 0 Å². The topological polar surface area (TPSA) is 91.7 Å². The average molecular weight is 198 g/mol. The smallest absolute Gasteiger partial charge is 0.359 e. The van der Waals surface area contributed by atoms with Crippen LogP contribution < -0.4 is 0 Å². The van der Waals surface area contributed by atoms with Crippen LogP contribution in [-0.4, -0.2) is 55.0 Å². The second kappa shape index (κ2) is 3.38. The van der Waals surface area contributed by atoms with E-state index in [1.54, 1.807) is 0 Å². The number of carboxylic acids is 1. The molecule has 0 rings (SSSR count). The van der Waals surface area contributed by atoms with Crippen molar-refractivity contribution in [3.63, 3.8) is 0 Å². The van der Waals surface area contributed by atoms with Gasteiger partial charge in [0.15, 0.2) is 6.54 Å². The Kier molecular flexibility index (Phi) is 3.19. The normalized spacial score (nSPS) is 12.9. The lowest BCUT2D eigenvalue weighted by Crippen LogP contribution is -2.47. The highest BCUT2D eigenvalue weighted by Gasteiger charge is 2.25. The second-order valence-corrected chi connectivity index (χ2v) is 4.62. The highest BCUT2D eigenvalue weighted by atomic mass is 32.2. The molecule has 0 atom stereocenters. The Labute approximate surface area is 70.8 Å². The zero-order chi connectivity index (χ0) is 9.99. The Balaban J connectivity index is 4.33. The zero-order valence-electron chi connectivity index (χ0n) is 6.89. The van der Waals surface area contributed by atoms with E-state index in [1.165, 1.54) is 14.1 Å². The number of hydrogen-bond donors (Lipinski definition) is 2. The Morgan fingerprint density at radius 1 is 1.42 bits per heavy atom. The summed E-state index contributed by atoms with van der Waals surface area (Å²) in [7, 11) is -1.31. The van der Waals surface area contributed by atoms with Gasteiger partial charge in [-0.25, -0.2) is 4.79 Å². The van der Waals surface area contributed by atoms with Crippen LogP contribution in [0.25, 0.3) is 0 Å².